The van der Waals surface area contributed by atoms with Crippen molar-refractivity contribution < 1.29 is 23.9 Å². The van der Waals surface area contributed by atoms with Crippen LogP contribution in [0, 0.1) is 6.92 Å². The van der Waals surface area contributed by atoms with E-state index in [9.17, 15) is 14.4 Å². The number of hydrogen-bond donors (Lipinski definition) is 2. The monoisotopic (exact) mass is 625 g/mol. The number of piperazine rings is 1. The summed E-state index contributed by atoms with van der Waals surface area (Å²) < 4.78 is 11.8. The highest BCUT2D eigenvalue weighted by atomic mass is 16.5. The lowest BCUT2D eigenvalue weighted by Gasteiger charge is -2.32. The summed E-state index contributed by atoms with van der Waals surface area (Å²) in [5.74, 6) is 0.744. The first kappa shape index (κ1) is 32.6. The number of nitrogens with zero attached hydrogens (tertiary/aromatic N) is 3. The van der Waals surface area contributed by atoms with Gasteiger partial charge in [0.05, 0.1) is 25.1 Å². The van der Waals surface area contributed by atoms with Crippen LogP contribution in [0.3, 0.4) is 0 Å². The molecule has 0 bridgehead atoms. The molecule has 1 saturated heterocycles. The highest BCUT2D eigenvalue weighted by molar-refractivity contribution is 6.13. The summed E-state index contributed by atoms with van der Waals surface area (Å²) in [5.41, 5.74) is 3.86. The van der Waals surface area contributed by atoms with E-state index in [1.807, 2.05) is 48.2 Å². The molecule has 10 heteroatoms. The number of aryl methyl sites for hydroxylation is 1. The SMILES string of the molecule is COc1cc(C(=O)N(C)c2cccc(C)c2OCCCCCC(=O)N2CCN(C)CC2)ccc1NC(=O)c1cccc2[nH]ccc12. The summed E-state index contributed by atoms with van der Waals surface area (Å²) in [7, 11) is 5.30. The molecule has 0 spiro atoms. The number of hydrogen-bond acceptors (Lipinski definition) is 6. The van der Waals surface area contributed by atoms with Crippen molar-refractivity contribution in [3.05, 3.63) is 83.6 Å². The zero-order valence-corrected chi connectivity index (χ0v) is 27.1. The molecule has 0 radical (unpaired) electrons. The highest BCUT2D eigenvalue weighted by Crippen LogP contribution is 2.34. The van der Waals surface area contributed by atoms with Gasteiger partial charge in [0.25, 0.3) is 11.8 Å². The zero-order valence-electron chi connectivity index (χ0n) is 27.1. The first-order chi connectivity index (χ1) is 22.3. The number of para-hydroxylation sites is 1. The van der Waals surface area contributed by atoms with E-state index in [-0.39, 0.29) is 17.7 Å². The fourth-order valence-electron chi connectivity index (χ4n) is 5.74. The Morgan fingerprint density at radius 1 is 0.957 bits per heavy atom. The van der Waals surface area contributed by atoms with Crippen molar-refractivity contribution in [3.63, 3.8) is 0 Å². The number of carbonyl (C=O) groups is 3. The molecular formula is C36H43N5O5. The topological polar surface area (TPSA) is 107 Å². The van der Waals surface area contributed by atoms with Gasteiger partial charge in [-0.25, -0.2) is 0 Å². The Balaban J connectivity index is 1.18. The van der Waals surface area contributed by atoms with Crippen molar-refractivity contribution in [3.8, 4) is 11.5 Å². The number of methoxy groups -OCH3 is 1. The van der Waals surface area contributed by atoms with Crippen LogP contribution in [0.25, 0.3) is 10.9 Å². The molecule has 1 aliphatic heterocycles. The molecule has 1 aliphatic rings. The maximum atomic E-state index is 13.7. The molecule has 1 aromatic heterocycles. The van der Waals surface area contributed by atoms with Crippen LogP contribution in [0.5, 0.6) is 11.5 Å². The van der Waals surface area contributed by atoms with Gasteiger partial charge in [0.2, 0.25) is 5.91 Å². The fourth-order valence-corrected chi connectivity index (χ4v) is 5.74. The molecule has 0 unspecified atom stereocenters. The van der Waals surface area contributed by atoms with Gasteiger partial charge >= 0.3 is 0 Å². The van der Waals surface area contributed by atoms with Crippen LogP contribution in [-0.4, -0.2) is 86.5 Å². The van der Waals surface area contributed by atoms with Crippen LogP contribution in [0.4, 0.5) is 11.4 Å². The first-order valence-electron chi connectivity index (χ1n) is 15.8. The lowest BCUT2D eigenvalue weighted by molar-refractivity contribution is -0.132. The largest absolute Gasteiger partial charge is 0.495 e. The highest BCUT2D eigenvalue weighted by Gasteiger charge is 2.22. The maximum absolute atomic E-state index is 13.7. The van der Waals surface area contributed by atoms with E-state index in [4.69, 9.17) is 9.47 Å². The second-order valence-electron chi connectivity index (χ2n) is 11.7. The number of carbonyl (C=O) groups excluding carboxylic acids is 3. The van der Waals surface area contributed by atoms with Gasteiger partial charge in [-0.1, -0.05) is 18.2 Å². The van der Waals surface area contributed by atoms with Crippen molar-refractivity contribution in [2.24, 2.45) is 0 Å². The first-order valence-corrected chi connectivity index (χ1v) is 15.8. The summed E-state index contributed by atoms with van der Waals surface area (Å²) in [5, 5.41) is 3.74. The summed E-state index contributed by atoms with van der Waals surface area (Å²) in [6.45, 7) is 5.92. The Hall–Kier alpha value is -4.83. The van der Waals surface area contributed by atoms with Gasteiger partial charge in [-0.2, -0.15) is 0 Å². The van der Waals surface area contributed by atoms with E-state index in [2.05, 4.69) is 22.2 Å². The van der Waals surface area contributed by atoms with Crippen molar-refractivity contribution in [1.29, 1.82) is 0 Å². The Bertz CT molecular complexity index is 1690. The molecule has 0 atom stereocenters. The Labute approximate surface area is 270 Å². The molecule has 5 rings (SSSR count). The molecule has 3 amide bonds. The van der Waals surface area contributed by atoms with Crippen molar-refractivity contribution in [1.82, 2.24) is 14.8 Å². The summed E-state index contributed by atoms with van der Waals surface area (Å²) >= 11 is 0. The maximum Gasteiger partial charge on any atom is 0.258 e. The van der Waals surface area contributed by atoms with Gasteiger partial charge in [-0.05, 0) is 81.3 Å². The Morgan fingerprint density at radius 3 is 2.52 bits per heavy atom. The number of anilines is 2. The number of amides is 3. The summed E-state index contributed by atoms with van der Waals surface area (Å²) in [6, 6.07) is 18.1. The fraction of sp³-hybridized carbons (Fsp3) is 0.361. The molecule has 0 saturated carbocycles. The van der Waals surface area contributed by atoms with Gasteiger partial charge in [0.15, 0.2) is 0 Å². The van der Waals surface area contributed by atoms with Gasteiger partial charge in [-0.15, -0.1) is 0 Å². The van der Waals surface area contributed by atoms with Gasteiger partial charge in [0, 0.05) is 67.9 Å². The van der Waals surface area contributed by atoms with Gasteiger partial charge in [-0.3, -0.25) is 14.4 Å². The zero-order chi connectivity index (χ0) is 32.6. The number of H-pyrrole nitrogens is 1. The van der Waals surface area contributed by atoms with Crippen molar-refractivity contribution in [2.45, 2.75) is 32.6 Å². The lowest BCUT2D eigenvalue weighted by Crippen LogP contribution is -2.47. The van der Waals surface area contributed by atoms with Crippen LogP contribution in [0.2, 0.25) is 0 Å². The van der Waals surface area contributed by atoms with Crippen molar-refractivity contribution in [2.75, 3.05) is 64.2 Å². The number of benzene rings is 3. The molecule has 10 nitrogen and oxygen atoms in total. The second kappa shape index (κ2) is 15.0. The molecule has 46 heavy (non-hydrogen) atoms. The third-order valence-corrected chi connectivity index (χ3v) is 8.53. The van der Waals surface area contributed by atoms with Gasteiger partial charge < -0.3 is 34.5 Å². The smallest absolute Gasteiger partial charge is 0.258 e. The predicted molar refractivity (Wildman–Crippen MR) is 181 cm³/mol. The van der Waals surface area contributed by atoms with E-state index >= 15 is 0 Å². The molecule has 1 fully saturated rings. The third-order valence-electron chi connectivity index (χ3n) is 8.53. The number of fused-ring (bicyclic) bond motifs is 1. The number of unbranched alkanes of at least 4 members (excludes halogenated alkanes) is 2. The van der Waals surface area contributed by atoms with E-state index < -0.39 is 0 Å². The summed E-state index contributed by atoms with van der Waals surface area (Å²) in [4.78, 5) is 48.2. The van der Waals surface area contributed by atoms with Crippen LogP contribution < -0.4 is 19.7 Å². The van der Waals surface area contributed by atoms with Crippen LogP contribution >= 0.6 is 0 Å². The van der Waals surface area contributed by atoms with E-state index in [0.29, 0.717) is 47.0 Å². The van der Waals surface area contributed by atoms with E-state index in [1.165, 1.54) is 7.11 Å². The molecule has 0 aliphatic carbocycles. The molecule has 4 aromatic rings. The number of ether oxygens (including phenoxy) is 2. The number of rotatable bonds is 12. The Morgan fingerprint density at radius 2 is 1.74 bits per heavy atom. The quantitative estimate of drug-likeness (QED) is 0.195. The standard InChI is InChI=1S/C36H43N5O5/c1-25-10-8-13-31(34(25)46-23-7-5-6-14-33(42)41-21-19-39(2)20-22-41)40(3)36(44)26-15-16-30(32(24-26)45-4)38-35(43)28-11-9-12-29-27(28)17-18-37-29/h8-13,15-18,24,37H,5-7,14,19-23H2,1-4H3,(H,38,43). The van der Waals surface area contributed by atoms with Crippen LogP contribution in [0.1, 0.15) is 52.0 Å². The third kappa shape index (κ3) is 7.51. The normalized spacial score (nSPS) is 13.4. The predicted octanol–water partition coefficient (Wildman–Crippen LogP) is 5.73. The average Bonchev–Trinajstić information content (AvgIpc) is 3.56. The van der Waals surface area contributed by atoms with Gasteiger partial charge in [0.1, 0.15) is 11.5 Å². The minimum atomic E-state index is -0.275. The lowest BCUT2D eigenvalue weighted by atomic mass is 10.1. The van der Waals surface area contributed by atoms with Crippen LogP contribution in [0.15, 0.2) is 66.9 Å². The minimum Gasteiger partial charge on any atom is -0.495 e. The summed E-state index contributed by atoms with van der Waals surface area (Å²) in [6.07, 6.45) is 4.88. The molecule has 242 valence electrons. The molecular weight excluding hydrogens is 582 g/mol. The number of aromatic nitrogens is 1. The number of aromatic amines is 1. The number of likely N-dealkylation sites (N-methyl/N-ethyl adjacent to an activating group) is 1. The van der Waals surface area contributed by atoms with E-state index in [1.54, 1.807) is 42.4 Å². The minimum absolute atomic E-state index is 0.233. The molecule has 2 heterocycles. The molecule has 2 N–H and O–H groups in total. The molecule has 3 aromatic carbocycles. The van der Waals surface area contributed by atoms with Crippen LogP contribution in [-0.2, 0) is 4.79 Å². The average molecular weight is 626 g/mol. The number of nitrogens with one attached hydrogen (secondary N) is 2. The Kier molecular flexibility index (Phi) is 10.6. The second-order valence-corrected chi connectivity index (χ2v) is 11.7. The van der Waals surface area contributed by atoms with E-state index in [0.717, 1.165) is 61.9 Å². The van der Waals surface area contributed by atoms with Crippen molar-refractivity contribution >= 4 is 40.0 Å².